The van der Waals surface area contributed by atoms with Gasteiger partial charge in [0.05, 0.1) is 11.1 Å². The first-order valence-corrected chi connectivity index (χ1v) is 6.79. The van der Waals surface area contributed by atoms with Crippen molar-refractivity contribution in [3.05, 3.63) is 57.4 Å². The number of halogens is 1. The third-order valence-corrected chi connectivity index (χ3v) is 3.25. The summed E-state index contributed by atoms with van der Waals surface area (Å²) in [5.41, 5.74) is 6.32. The number of anilines is 1. The molecule has 0 bridgehead atoms. The minimum atomic E-state index is -0.0218. The van der Waals surface area contributed by atoms with Crippen LogP contribution >= 0.6 is 15.9 Å². The maximum atomic E-state index is 11.7. The van der Waals surface area contributed by atoms with Crippen LogP contribution in [0.2, 0.25) is 0 Å². The van der Waals surface area contributed by atoms with E-state index in [4.69, 9.17) is 10.5 Å². The lowest BCUT2D eigenvalue weighted by Crippen LogP contribution is -2.20. The molecule has 0 aliphatic heterocycles. The molecule has 2 N–H and O–H groups in total. The minimum Gasteiger partial charge on any atom is -0.493 e. The second-order valence-electron chi connectivity index (χ2n) is 4.13. The molecule has 1 aromatic heterocycles. The number of nitrogen functional groups attached to an aromatic ring is 1. The van der Waals surface area contributed by atoms with Crippen LogP contribution in [0.4, 0.5) is 5.69 Å². The fourth-order valence-corrected chi connectivity index (χ4v) is 2.09. The average Bonchev–Trinajstić information content (AvgIpc) is 2.39. The summed E-state index contributed by atoms with van der Waals surface area (Å²) in [5, 5.41) is 0. The van der Waals surface area contributed by atoms with Gasteiger partial charge < -0.3 is 15.0 Å². The van der Waals surface area contributed by atoms with Crippen molar-refractivity contribution in [2.24, 2.45) is 0 Å². The summed E-state index contributed by atoms with van der Waals surface area (Å²) < 4.78 is 7.81. The number of aromatic nitrogens is 1. The largest absolute Gasteiger partial charge is 0.493 e. The Morgan fingerprint density at radius 1 is 1.26 bits per heavy atom. The van der Waals surface area contributed by atoms with E-state index in [1.54, 1.807) is 22.9 Å². The van der Waals surface area contributed by atoms with E-state index >= 15 is 0 Å². The van der Waals surface area contributed by atoms with Crippen LogP contribution in [0.25, 0.3) is 0 Å². The molecule has 0 spiro atoms. The van der Waals surface area contributed by atoms with Gasteiger partial charge in [0.1, 0.15) is 5.75 Å². The number of aryl methyl sites for hydroxylation is 1. The molecule has 2 aromatic rings. The second kappa shape index (κ2) is 6.43. The SMILES string of the molecule is Nc1cccc(OCCCn2cccc(Br)c2=O)c1. The molecule has 0 saturated heterocycles. The molecule has 1 heterocycles. The fourth-order valence-electron chi connectivity index (χ4n) is 1.71. The number of nitrogens with two attached hydrogens (primary N) is 1. The highest BCUT2D eigenvalue weighted by Crippen LogP contribution is 2.14. The normalized spacial score (nSPS) is 10.4. The minimum absolute atomic E-state index is 0.0218. The van der Waals surface area contributed by atoms with Gasteiger partial charge in [0.15, 0.2) is 0 Å². The van der Waals surface area contributed by atoms with Gasteiger partial charge in [0.25, 0.3) is 5.56 Å². The van der Waals surface area contributed by atoms with Gasteiger partial charge in [-0.05, 0) is 46.6 Å². The van der Waals surface area contributed by atoms with E-state index < -0.39 is 0 Å². The van der Waals surface area contributed by atoms with Gasteiger partial charge in [-0.3, -0.25) is 4.79 Å². The predicted molar refractivity (Wildman–Crippen MR) is 79.4 cm³/mol. The van der Waals surface area contributed by atoms with Crippen LogP contribution in [0.5, 0.6) is 5.75 Å². The molecule has 0 atom stereocenters. The number of hydrogen-bond acceptors (Lipinski definition) is 3. The Kier molecular flexibility index (Phi) is 4.63. The van der Waals surface area contributed by atoms with Gasteiger partial charge in [-0.2, -0.15) is 0 Å². The first kappa shape index (κ1) is 13.7. The van der Waals surface area contributed by atoms with Crippen molar-refractivity contribution < 1.29 is 4.74 Å². The molecule has 0 radical (unpaired) electrons. The van der Waals surface area contributed by atoms with E-state index in [9.17, 15) is 4.79 Å². The van der Waals surface area contributed by atoms with Gasteiger partial charge in [0.2, 0.25) is 0 Å². The molecule has 100 valence electrons. The van der Waals surface area contributed by atoms with Crippen molar-refractivity contribution in [2.45, 2.75) is 13.0 Å². The van der Waals surface area contributed by atoms with E-state index in [-0.39, 0.29) is 5.56 Å². The number of ether oxygens (including phenoxy) is 1. The highest BCUT2D eigenvalue weighted by molar-refractivity contribution is 9.10. The lowest BCUT2D eigenvalue weighted by molar-refractivity contribution is 0.301. The van der Waals surface area contributed by atoms with Crippen molar-refractivity contribution in [1.82, 2.24) is 4.57 Å². The molecule has 0 aliphatic rings. The zero-order valence-corrected chi connectivity index (χ0v) is 12.0. The zero-order valence-electron chi connectivity index (χ0n) is 10.4. The van der Waals surface area contributed by atoms with E-state index in [1.807, 2.05) is 24.3 Å². The van der Waals surface area contributed by atoms with Crippen molar-refractivity contribution in [3.63, 3.8) is 0 Å². The van der Waals surface area contributed by atoms with E-state index in [0.717, 1.165) is 12.2 Å². The van der Waals surface area contributed by atoms with Gasteiger partial charge in [-0.1, -0.05) is 6.07 Å². The van der Waals surface area contributed by atoms with Crippen molar-refractivity contribution >= 4 is 21.6 Å². The number of benzene rings is 1. The first-order chi connectivity index (χ1) is 9.16. The summed E-state index contributed by atoms with van der Waals surface area (Å²) in [6.07, 6.45) is 2.53. The Hall–Kier alpha value is -1.75. The molecule has 0 unspecified atom stereocenters. The van der Waals surface area contributed by atoms with Gasteiger partial charge in [-0.25, -0.2) is 0 Å². The Labute approximate surface area is 119 Å². The maximum Gasteiger partial charge on any atom is 0.264 e. The predicted octanol–water partition coefficient (Wildman–Crippen LogP) is 2.66. The van der Waals surface area contributed by atoms with Crippen LogP contribution in [0.1, 0.15) is 6.42 Å². The molecule has 0 fully saturated rings. The van der Waals surface area contributed by atoms with Crippen molar-refractivity contribution in [1.29, 1.82) is 0 Å². The Bertz CT molecular complexity index is 610. The molecule has 0 aliphatic carbocycles. The van der Waals surface area contributed by atoms with E-state index in [0.29, 0.717) is 23.3 Å². The molecule has 4 nitrogen and oxygen atoms in total. The van der Waals surface area contributed by atoms with Gasteiger partial charge >= 0.3 is 0 Å². The van der Waals surface area contributed by atoms with Crippen LogP contribution in [-0.4, -0.2) is 11.2 Å². The van der Waals surface area contributed by atoms with Crippen molar-refractivity contribution in [2.75, 3.05) is 12.3 Å². The number of rotatable bonds is 5. The van der Waals surface area contributed by atoms with E-state index in [1.165, 1.54) is 0 Å². The highest BCUT2D eigenvalue weighted by Gasteiger charge is 2.00. The maximum absolute atomic E-state index is 11.7. The number of pyridine rings is 1. The van der Waals surface area contributed by atoms with Crippen LogP contribution in [0.3, 0.4) is 0 Å². The molecule has 2 rings (SSSR count). The topological polar surface area (TPSA) is 57.2 Å². The second-order valence-corrected chi connectivity index (χ2v) is 4.98. The lowest BCUT2D eigenvalue weighted by Gasteiger charge is -2.08. The summed E-state index contributed by atoms with van der Waals surface area (Å²) in [6, 6.07) is 10.9. The molecule has 19 heavy (non-hydrogen) atoms. The van der Waals surface area contributed by atoms with Gasteiger partial charge in [-0.15, -0.1) is 0 Å². The fraction of sp³-hybridized carbons (Fsp3) is 0.214. The van der Waals surface area contributed by atoms with Gasteiger partial charge in [0, 0.05) is 24.5 Å². The van der Waals surface area contributed by atoms with Crippen LogP contribution in [0, 0.1) is 0 Å². The first-order valence-electron chi connectivity index (χ1n) is 6.00. The summed E-state index contributed by atoms with van der Waals surface area (Å²) in [6.45, 7) is 1.17. The molecule has 0 saturated carbocycles. The standard InChI is InChI=1S/C14H15BrN2O2/c15-13-6-2-7-17(14(13)18)8-3-9-19-12-5-1-4-11(16)10-12/h1-2,4-7,10H,3,8-9,16H2. The zero-order chi connectivity index (χ0) is 13.7. The number of hydrogen-bond donors (Lipinski definition) is 1. The highest BCUT2D eigenvalue weighted by atomic mass is 79.9. The van der Waals surface area contributed by atoms with Crippen molar-refractivity contribution in [3.8, 4) is 5.75 Å². The quantitative estimate of drug-likeness (QED) is 0.680. The Morgan fingerprint density at radius 3 is 2.89 bits per heavy atom. The summed E-state index contributed by atoms with van der Waals surface area (Å²) in [4.78, 5) is 11.7. The smallest absolute Gasteiger partial charge is 0.264 e. The van der Waals surface area contributed by atoms with E-state index in [2.05, 4.69) is 15.9 Å². The third-order valence-electron chi connectivity index (χ3n) is 2.64. The molecular formula is C14H15BrN2O2. The molecule has 0 amide bonds. The Morgan fingerprint density at radius 2 is 2.11 bits per heavy atom. The molecule has 1 aromatic carbocycles. The lowest BCUT2D eigenvalue weighted by atomic mass is 10.3. The number of nitrogens with zero attached hydrogens (tertiary/aromatic N) is 1. The third kappa shape index (κ3) is 3.86. The summed E-state index contributed by atoms with van der Waals surface area (Å²) in [5.74, 6) is 0.751. The Balaban J connectivity index is 1.84. The summed E-state index contributed by atoms with van der Waals surface area (Å²) in [7, 11) is 0. The van der Waals surface area contributed by atoms with Crippen LogP contribution in [0.15, 0.2) is 51.9 Å². The monoisotopic (exact) mass is 322 g/mol. The van der Waals surface area contributed by atoms with Crippen LogP contribution < -0.4 is 16.0 Å². The summed E-state index contributed by atoms with van der Waals surface area (Å²) >= 11 is 3.22. The average molecular weight is 323 g/mol. The molecule has 5 heteroatoms. The molecular weight excluding hydrogens is 308 g/mol. The van der Waals surface area contributed by atoms with Crippen LogP contribution in [-0.2, 0) is 6.54 Å².